The molecule has 0 radical (unpaired) electrons. The molecule has 0 N–H and O–H groups in total. The number of carbonyl (C=O) groups excluding carboxylic acids is 6. The molecule has 0 bridgehead atoms. The van der Waals surface area contributed by atoms with E-state index in [4.69, 9.17) is 55.0 Å². The number of ether oxygens (including phenoxy) is 6. The molecule has 420 valence electrons. The molecule has 1 heterocycles. The number of rotatable bonds is 0. The predicted molar refractivity (Wildman–Crippen MR) is 279 cm³/mol. The molecular formula is C51H96O18Si3. The summed E-state index contributed by atoms with van der Waals surface area (Å²) in [6.45, 7) is 38.8. The van der Waals surface area contributed by atoms with Crippen molar-refractivity contribution in [1.82, 2.24) is 0 Å². The molecular weight excluding hydrogens is 985 g/mol. The fraction of sp³-hybridized carbons (Fsp3) is 0.882. The topological polar surface area (TPSA) is 213 Å². The quantitative estimate of drug-likeness (QED) is 0.0955. The van der Waals surface area contributed by atoms with Crippen molar-refractivity contribution in [1.29, 1.82) is 0 Å². The molecule has 72 heavy (non-hydrogen) atoms. The van der Waals surface area contributed by atoms with Crippen molar-refractivity contribution >= 4 is 61.5 Å². The van der Waals surface area contributed by atoms with Crippen LogP contribution in [-0.2, 0) is 83.7 Å². The zero-order chi connectivity index (χ0) is 55.3. The Balaban J connectivity index is 3.15. The standard InChI is InChI=1S/C51H96O18Si3/c1-46(2,3)70(47(4,5)6)64-31-19-25-58-40(52)37-42(54)60-27-21-33-66-71(48(7,8)9,49(10,11)12)68-35-23-29-62-44(56)39-45(57)63-30-24-36-69-72(50(13,14)15,51(16,17)18)67-34-22-28-61-43(55)38-41(53)59-26-20-32-65-70/h19-39H2,1-18H3. The van der Waals surface area contributed by atoms with Crippen LogP contribution in [0.1, 0.15) is 182 Å². The smallest absolute Gasteiger partial charge is 0.349 e. The second-order valence-electron chi connectivity index (χ2n) is 24.4. The van der Waals surface area contributed by atoms with E-state index >= 15 is 0 Å². The molecule has 1 aliphatic rings. The van der Waals surface area contributed by atoms with E-state index in [1.54, 1.807) is 0 Å². The molecule has 1 fully saturated rings. The van der Waals surface area contributed by atoms with Crippen LogP contribution in [0.3, 0.4) is 0 Å². The van der Waals surface area contributed by atoms with Gasteiger partial charge in [0.15, 0.2) is 0 Å². The van der Waals surface area contributed by atoms with Gasteiger partial charge in [-0.05, 0) is 0 Å². The van der Waals surface area contributed by atoms with Crippen LogP contribution < -0.4 is 0 Å². The Morgan fingerprint density at radius 1 is 0.236 bits per heavy atom. The number of hydrogen-bond acceptors (Lipinski definition) is 18. The first kappa shape index (κ1) is 67.2. The van der Waals surface area contributed by atoms with Crippen molar-refractivity contribution in [3.05, 3.63) is 0 Å². The first-order valence-corrected chi connectivity index (χ1v) is 31.2. The molecule has 0 amide bonds. The second kappa shape index (κ2) is 29.5. The molecule has 21 heteroatoms. The van der Waals surface area contributed by atoms with E-state index in [-0.39, 0.29) is 110 Å². The van der Waals surface area contributed by atoms with Crippen LogP contribution in [0.15, 0.2) is 0 Å². The Morgan fingerprint density at radius 3 is 0.472 bits per heavy atom. The molecule has 0 aliphatic carbocycles. The maximum atomic E-state index is 12.6. The zero-order valence-electron chi connectivity index (χ0n) is 47.7. The molecule has 1 rings (SSSR count). The molecule has 0 atom stereocenters. The summed E-state index contributed by atoms with van der Waals surface area (Å²) in [5.41, 5.74) is 0. The summed E-state index contributed by atoms with van der Waals surface area (Å²) >= 11 is 0. The normalized spacial score (nSPS) is 22.2. The lowest BCUT2D eigenvalue weighted by Gasteiger charge is -2.49. The highest BCUT2D eigenvalue weighted by molar-refractivity contribution is 6.74. The van der Waals surface area contributed by atoms with Gasteiger partial charge in [0, 0.05) is 108 Å². The maximum absolute atomic E-state index is 12.6. The van der Waals surface area contributed by atoms with Crippen molar-refractivity contribution in [3.63, 3.8) is 0 Å². The summed E-state index contributed by atoms with van der Waals surface area (Å²) in [5, 5.41) is -2.28. The van der Waals surface area contributed by atoms with Crippen LogP contribution in [0.5, 0.6) is 0 Å². The van der Waals surface area contributed by atoms with Gasteiger partial charge in [0.1, 0.15) is 19.3 Å². The highest BCUT2D eigenvalue weighted by atomic mass is 28.4. The Kier molecular flexibility index (Phi) is 27.6. The van der Waals surface area contributed by atoms with Crippen LogP contribution in [0.4, 0.5) is 0 Å². The largest absolute Gasteiger partial charge is 0.465 e. The summed E-state index contributed by atoms with van der Waals surface area (Å²) in [6.07, 6.45) is 0.567. The number of hydrogen-bond donors (Lipinski definition) is 0. The molecule has 0 spiro atoms. The summed E-state index contributed by atoms with van der Waals surface area (Å²) in [7, 11) is -9.10. The maximum Gasteiger partial charge on any atom is 0.349 e. The fourth-order valence-electron chi connectivity index (χ4n) is 9.52. The van der Waals surface area contributed by atoms with Crippen molar-refractivity contribution in [2.75, 3.05) is 79.3 Å². The third-order valence-electron chi connectivity index (χ3n) is 11.9. The van der Waals surface area contributed by atoms with Crippen LogP contribution in [-0.4, -0.2) is 141 Å². The Hall–Kier alpha value is -2.77. The minimum atomic E-state index is -3.03. The van der Waals surface area contributed by atoms with E-state index in [9.17, 15) is 28.8 Å². The van der Waals surface area contributed by atoms with E-state index in [0.29, 0.717) is 38.5 Å². The molecule has 1 saturated heterocycles. The van der Waals surface area contributed by atoms with E-state index < -0.39 is 80.8 Å². The number of cyclic esters (lactones) is 6. The van der Waals surface area contributed by atoms with Crippen molar-refractivity contribution in [3.8, 4) is 0 Å². The fourth-order valence-corrected chi connectivity index (χ4v) is 24.3. The lowest BCUT2D eigenvalue weighted by molar-refractivity contribution is -0.156. The van der Waals surface area contributed by atoms with Gasteiger partial charge in [0.25, 0.3) is 0 Å². The van der Waals surface area contributed by atoms with Gasteiger partial charge in [0.2, 0.25) is 0 Å². The Labute approximate surface area is 435 Å². The second-order valence-corrected chi connectivity index (χ2v) is 38.8. The molecule has 0 aromatic heterocycles. The molecule has 0 aromatic carbocycles. The lowest BCUT2D eigenvalue weighted by Crippen LogP contribution is -2.57. The molecule has 18 nitrogen and oxygen atoms in total. The van der Waals surface area contributed by atoms with Crippen LogP contribution in [0.25, 0.3) is 0 Å². The summed E-state index contributed by atoms with van der Waals surface area (Å²) in [5.74, 6) is -4.27. The van der Waals surface area contributed by atoms with E-state index in [2.05, 4.69) is 125 Å². The van der Waals surface area contributed by atoms with Crippen LogP contribution in [0.2, 0.25) is 30.2 Å². The first-order valence-electron chi connectivity index (χ1n) is 25.8. The average molecular weight is 1080 g/mol. The predicted octanol–water partition coefficient (Wildman–Crippen LogP) is 10.00. The van der Waals surface area contributed by atoms with Gasteiger partial charge in [-0.25, -0.2) is 0 Å². The third kappa shape index (κ3) is 21.5. The number of carbonyl (C=O) groups is 6. The minimum absolute atomic E-state index is 0.0277. The van der Waals surface area contributed by atoms with Gasteiger partial charge in [-0.15, -0.1) is 0 Å². The van der Waals surface area contributed by atoms with E-state index in [1.165, 1.54) is 0 Å². The number of esters is 6. The minimum Gasteiger partial charge on any atom is -0.465 e. The SMILES string of the molecule is CC(C)(C)[Si]1(C(C)(C)C)OCCCOC(=O)CC(=O)OCCCO[Si](C(C)(C)C)(C(C)(C)C)OCCCOC(=O)CC(=O)OCCCO[Si](C(C)(C)C)(C(C)(C)C)OCCCOC(=O)CC(=O)OCCCO1. The summed E-state index contributed by atoms with van der Waals surface area (Å²) in [6, 6.07) is 0. The Bertz CT molecular complexity index is 1380. The van der Waals surface area contributed by atoms with Gasteiger partial charge in [-0.1, -0.05) is 125 Å². The van der Waals surface area contributed by atoms with Crippen molar-refractivity contribution in [2.45, 2.75) is 213 Å². The van der Waals surface area contributed by atoms with Crippen LogP contribution >= 0.6 is 0 Å². The van der Waals surface area contributed by atoms with Gasteiger partial charge < -0.3 is 55.0 Å². The summed E-state index contributed by atoms with van der Waals surface area (Å²) in [4.78, 5) is 75.5. The summed E-state index contributed by atoms with van der Waals surface area (Å²) < 4.78 is 71.9. The Morgan fingerprint density at radius 2 is 0.361 bits per heavy atom. The monoisotopic (exact) mass is 1080 g/mol. The first-order chi connectivity index (χ1) is 33.0. The van der Waals surface area contributed by atoms with Crippen LogP contribution in [0, 0.1) is 0 Å². The van der Waals surface area contributed by atoms with Gasteiger partial charge in [-0.3, -0.25) is 28.8 Å². The third-order valence-corrected chi connectivity index (χ3v) is 27.4. The van der Waals surface area contributed by atoms with Crippen molar-refractivity contribution < 1.29 is 83.7 Å². The molecule has 1 aliphatic heterocycles. The molecule has 0 saturated carbocycles. The van der Waals surface area contributed by atoms with Crippen molar-refractivity contribution in [2.24, 2.45) is 0 Å². The molecule has 0 unspecified atom stereocenters. The highest BCUT2D eigenvalue weighted by Gasteiger charge is 2.60. The molecule has 0 aromatic rings. The zero-order valence-corrected chi connectivity index (χ0v) is 50.7. The average Bonchev–Trinajstić information content (AvgIpc) is 3.20. The van der Waals surface area contributed by atoms with E-state index in [1.807, 2.05) is 0 Å². The highest BCUT2D eigenvalue weighted by Crippen LogP contribution is 2.54. The lowest BCUT2D eigenvalue weighted by atomic mass is 10.2. The van der Waals surface area contributed by atoms with Gasteiger partial charge >= 0.3 is 61.5 Å². The van der Waals surface area contributed by atoms with E-state index in [0.717, 1.165) is 0 Å². The van der Waals surface area contributed by atoms with Gasteiger partial charge in [-0.2, -0.15) is 0 Å². The van der Waals surface area contributed by atoms with Gasteiger partial charge in [0.05, 0.1) is 39.6 Å².